The van der Waals surface area contributed by atoms with Gasteiger partial charge in [-0.2, -0.15) is 0 Å². The predicted molar refractivity (Wildman–Crippen MR) is 81.5 cm³/mol. The van der Waals surface area contributed by atoms with Gasteiger partial charge in [0.05, 0.1) is 0 Å². The zero-order valence-corrected chi connectivity index (χ0v) is 12.1. The van der Waals surface area contributed by atoms with E-state index in [1.807, 2.05) is 12.3 Å². The summed E-state index contributed by atoms with van der Waals surface area (Å²) in [7, 11) is 0. The Labute approximate surface area is 116 Å². The maximum Gasteiger partial charge on any atom is 0.129 e. The minimum Gasteiger partial charge on any atom is -0.350 e. The van der Waals surface area contributed by atoms with Crippen molar-refractivity contribution in [2.75, 3.05) is 18.0 Å². The molecule has 3 nitrogen and oxygen atoms in total. The Bertz CT molecular complexity index is 395. The van der Waals surface area contributed by atoms with Crippen molar-refractivity contribution in [1.29, 1.82) is 0 Å². The molecule has 1 saturated carbocycles. The fourth-order valence-electron chi connectivity index (χ4n) is 2.26. The maximum atomic E-state index is 4.63. The molecular weight excluding hydrogens is 234 g/mol. The first-order valence-corrected chi connectivity index (χ1v) is 7.33. The average Bonchev–Trinajstić information content (AvgIpc) is 3.27. The van der Waals surface area contributed by atoms with E-state index in [1.54, 1.807) is 0 Å². The quantitative estimate of drug-likeness (QED) is 0.726. The number of pyridine rings is 1. The van der Waals surface area contributed by atoms with Gasteiger partial charge in [-0.1, -0.05) is 19.1 Å². The molecular formula is C16H25N3. The van der Waals surface area contributed by atoms with Crippen LogP contribution in [0.3, 0.4) is 0 Å². The first-order chi connectivity index (χ1) is 9.26. The van der Waals surface area contributed by atoms with E-state index in [0.29, 0.717) is 12.1 Å². The molecule has 0 amide bonds. The molecule has 0 aromatic carbocycles. The zero-order valence-electron chi connectivity index (χ0n) is 12.1. The summed E-state index contributed by atoms with van der Waals surface area (Å²) in [6.45, 7) is 10.1. The first-order valence-electron chi connectivity index (χ1n) is 7.33. The molecule has 0 radical (unpaired) electrons. The van der Waals surface area contributed by atoms with Gasteiger partial charge in [-0.3, -0.25) is 0 Å². The summed E-state index contributed by atoms with van der Waals surface area (Å²) < 4.78 is 0. The summed E-state index contributed by atoms with van der Waals surface area (Å²) in [6.07, 6.45) is 7.68. The van der Waals surface area contributed by atoms with Gasteiger partial charge in [-0.25, -0.2) is 4.98 Å². The molecule has 0 spiro atoms. The predicted octanol–water partition coefficient (Wildman–Crippen LogP) is 3.30. The Morgan fingerprint density at radius 2 is 2.32 bits per heavy atom. The van der Waals surface area contributed by atoms with Gasteiger partial charge < -0.3 is 10.2 Å². The Balaban J connectivity index is 2.02. The summed E-state index contributed by atoms with van der Waals surface area (Å²) in [5.74, 6) is 1.08. The SMILES string of the molecule is C=CCN(c1ccc(C(C)NCCC)cn1)C1CC1. The Kier molecular flexibility index (Phi) is 4.97. The highest BCUT2D eigenvalue weighted by Crippen LogP contribution is 2.30. The Hall–Kier alpha value is -1.35. The van der Waals surface area contributed by atoms with Gasteiger partial charge in [-0.15, -0.1) is 6.58 Å². The molecule has 0 aliphatic heterocycles. The highest BCUT2D eigenvalue weighted by Gasteiger charge is 2.29. The summed E-state index contributed by atoms with van der Waals surface area (Å²) in [6, 6.07) is 5.37. The van der Waals surface area contributed by atoms with Gasteiger partial charge in [0.2, 0.25) is 0 Å². The third-order valence-corrected chi connectivity index (χ3v) is 3.58. The van der Waals surface area contributed by atoms with Gasteiger partial charge in [0, 0.05) is 24.8 Å². The Morgan fingerprint density at radius 1 is 1.53 bits per heavy atom. The van der Waals surface area contributed by atoms with Crippen LogP contribution in [0.5, 0.6) is 0 Å². The lowest BCUT2D eigenvalue weighted by atomic mass is 10.1. The van der Waals surface area contributed by atoms with Crippen LogP contribution in [0.15, 0.2) is 31.0 Å². The van der Waals surface area contributed by atoms with Crippen LogP contribution in [-0.4, -0.2) is 24.1 Å². The van der Waals surface area contributed by atoms with Crippen LogP contribution < -0.4 is 10.2 Å². The molecule has 0 saturated heterocycles. The van der Waals surface area contributed by atoms with Crippen LogP contribution in [0, 0.1) is 0 Å². The topological polar surface area (TPSA) is 28.2 Å². The molecule has 104 valence electrons. The highest BCUT2D eigenvalue weighted by atomic mass is 15.2. The van der Waals surface area contributed by atoms with E-state index in [2.05, 4.69) is 47.8 Å². The van der Waals surface area contributed by atoms with E-state index in [0.717, 1.165) is 25.3 Å². The number of hydrogen-bond donors (Lipinski definition) is 1. The number of aromatic nitrogens is 1. The van der Waals surface area contributed by atoms with Crippen molar-refractivity contribution in [1.82, 2.24) is 10.3 Å². The van der Waals surface area contributed by atoms with Crippen molar-refractivity contribution in [2.45, 2.75) is 45.2 Å². The molecule has 2 rings (SSSR count). The molecule has 1 unspecified atom stereocenters. The minimum atomic E-state index is 0.371. The number of rotatable bonds is 8. The highest BCUT2D eigenvalue weighted by molar-refractivity contribution is 5.43. The standard InChI is InChI=1S/C16H25N3/c1-4-10-17-13(3)14-6-9-16(18-12-14)19(11-5-2)15-7-8-15/h5-6,9,12-13,15,17H,2,4,7-8,10-11H2,1,3H3. The van der Waals surface area contributed by atoms with Gasteiger partial charge in [0.25, 0.3) is 0 Å². The number of nitrogens with zero attached hydrogens (tertiary/aromatic N) is 2. The first kappa shape index (κ1) is 14.1. The lowest BCUT2D eigenvalue weighted by Crippen LogP contribution is -2.26. The second-order valence-electron chi connectivity index (χ2n) is 5.30. The fraction of sp³-hybridized carbons (Fsp3) is 0.562. The van der Waals surface area contributed by atoms with Crippen LogP contribution in [0.1, 0.15) is 44.7 Å². The average molecular weight is 259 g/mol. The molecule has 1 aromatic heterocycles. The van der Waals surface area contributed by atoms with Crippen molar-refractivity contribution < 1.29 is 0 Å². The molecule has 19 heavy (non-hydrogen) atoms. The normalized spacial score (nSPS) is 16.1. The van der Waals surface area contributed by atoms with Crippen LogP contribution in [0.2, 0.25) is 0 Å². The second kappa shape index (κ2) is 6.71. The molecule has 1 fully saturated rings. The summed E-state index contributed by atoms with van der Waals surface area (Å²) in [5.41, 5.74) is 1.26. The number of hydrogen-bond acceptors (Lipinski definition) is 3. The fourth-order valence-corrected chi connectivity index (χ4v) is 2.26. The van der Waals surface area contributed by atoms with Gasteiger partial charge in [-0.05, 0) is 44.4 Å². The lowest BCUT2D eigenvalue weighted by molar-refractivity contribution is 0.569. The van der Waals surface area contributed by atoms with Crippen LogP contribution in [-0.2, 0) is 0 Å². The van der Waals surface area contributed by atoms with Gasteiger partial charge >= 0.3 is 0 Å². The summed E-state index contributed by atoms with van der Waals surface area (Å²) in [4.78, 5) is 6.97. The van der Waals surface area contributed by atoms with E-state index in [4.69, 9.17) is 0 Å². The number of anilines is 1. The molecule has 1 aliphatic carbocycles. The molecule has 1 aromatic rings. The van der Waals surface area contributed by atoms with E-state index < -0.39 is 0 Å². The van der Waals surface area contributed by atoms with Gasteiger partial charge in [0.1, 0.15) is 5.82 Å². The second-order valence-corrected chi connectivity index (χ2v) is 5.30. The molecule has 1 heterocycles. The summed E-state index contributed by atoms with van der Waals surface area (Å²) >= 11 is 0. The lowest BCUT2D eigenvalue weighted by Gasteiger charge is -2.22. The minimum absolute atomic E-state index is 0.371. The smallest absolute Gasteiger partial charge is 0.129 e. The maximum absolute atomic E-state index is 4.63. The molecule has 1 aliphatic rings. The van der Waals surface area contributed by atoms with E-state index in [9.17, 15) is 0 Å². The monoisotopic (exact) mass is 259 g/mol. The van der Waals surface area contributed by atoms with E-state index in [-0.39, 0.29) is 0 Å². The van der Waals surface area contributed by atoms with E-state index in [1.165, 1.54) is 18.4 Å². The van der Waals surface area contributed by atoms with Crippen molar-refractivity contribution in [3.05, 3.63) is 36.5 Å². The third-order valence-electron chi connectivity index (χ3n) is 3.58. The number of nitrogens with one attached hydrogen (secondary N) is 1. The molecule has 3 heteroatoms. The molecule has 1 N–H and O–H groups in total. The van der Waals surface area contributed by atoms with E-state index >= 15 is 0 Å². The van der Waals surface area contributed by atoms with Crippen molar-refractivity contribution >= 4 is 5.82 Å². The van der Waals surface area contributed by atoms with Crippen LogP contribution in [0.25, 0.3) is 0 Å². The largest absolute Gasteiger partial charge is 0.350 e. The molecule has 1 atom stereocenters. The third kappa shape index (κ3) is 3.80. The van der Waals surface area contributed by atoms with Crippen molar-refractivity contribution in [3.63, 3.8) is 0 Å². The Morgan fingerprint density at radius 3 is 2.84 bits per heavy atom. The summed E-state index contributed by atoms with van der Waals surface area (Å²) in [5, 5.41) is 3.49. The van der Waals surface area contributed by atoms with Crippen molar-refractivity contribution in [2.24, 2.45) is 0 Å². The van der Waals surface area contributed by atoms with Crippen molar-refractivity contribution in [3.8, 4) is 0 Å². The molecule has 0 bridgehead atoms. The van der Waals surface area contributed by atoms with Crippen LogP contribution >= 0.6 is 0 Å². The van der Waals surface area contributed by atoms with Crippen LogP contribution in [0.4, 0.5) is 5.82 Å². The zero-order chi connectivity index (χ0) is 13.7. The van der Waals surface area contributed by atoms with Gasteiger partial charge in [0.15, 0.2) is 0 Å².